The van der Waals surface area contributed by atoms with E-state index in [0.717, 1.165) is 72.0 Å². The standard InChI is InChI=1S/C23H29BrClN7O/c1-16-18(13-17(25)14-19(16)33-12-4-7-30-5-2-3-6-30)31-8-10-32(11-9-31)23-20-21(24)28-29-22(20)26-15-27-23/h13-15H,2-12H2,1H3,(H,26,27,28,29). The Hall–Kier alpha value is -2.10. The predicted molar refractivity (Wildman–Crippen MR) is 136 cm³/mol. The Morgan fingerprint density at radius 1 is 1.06 bits per heavy atom. The van der Waals surface area contributed by atoms with Gasteiger partial charge in [-0.15, -0.1) is 0 Å². The number of aromatic nitrogens is 4. The number of likely N-dealkylation sites (tertiary alicyclic amines) is 1. The molecule has 33 heavy (non-hydrogen) atoms. The Morgan fingerprint density at radius 2 is 1.82 bits per heavy atom. The van der Waals surface area contributed by atoms with Crippen molar-refractivity contribution in [1.82, 2.24) is 25.1 Å². The third kappa shape index (κ3) is 4.90. The lowest BCUT2D eigenvalue weighted by Gasteiger charge is -2.37. The van der Waals surface area contributed by atoms with Gasteiger partial charge in [0, 0.05) is 49.0 Å². The molecule has 2 fully saturated rings. The van der Waals surface area contributed by atoms with Crippen molar-refractivity contribution in [3.63, 3.8) is 0 Å². The molecule has 0 atom stereocenters. The van der Waals surface area contributed by atoms with Crippen molar-refractivity contribution in [2.45, 2.75) is 26.2 Å². The maximum absolute atomic E-state index is 6.49. The average molecular weight is 535 g/mol. The van der Waals surface area contributed by atoms with Crippen molar-refractivity contribution in [2.24, 2.45) is 0 Å². The van der Waals surface area contributed by atoms with Gasteiger partial charge in [-0.25, -0.2) is 9.97 Å². The molecule has 0 saturated carbocycles. The molecule has 176 valence electrons. The fourth-order valence-electron chi connectivity index (χ4n) is 4.80. The molecule has 2 aliphatic heterocycles. The molecule has 0 aliphatic carbocycles. The van der Waals surface area contributed by atoms with Crippen molar-refractivity contribution in [1.29, 1.82) is 0 Å². The van der Waals surface area contributed by atoms with Gasteiger partial charge in [-0.3, -0.25) is 5.10 Å². The molecule has 0 unspecified atom stereocenters. The quantitative estimate of drug-likeness (QED) is 0.454. The van der Waals surface area contributed by atoms with Gasteiger partial charge >= 0.3 is 0 Å². The molecule has 8 nitrogen and oxygen atoms in total. The van der Waals surface area contributed by atoms with Crippen LogP contribution in [0.3, 0.4) is 0 Å². The van der Waals surface area contributed by atoms with Crippen LogP contribution in [0.15, 0.2) is 23.1 Å². The first-order valence-corrected chi connectivity index (χ1v) is 12.8. The van der Waals surface area contributed by atoms with E-state index in [1.165, 1.54) is 25.9 Å². The van der Waals surface area contributed by atoms with Crippen LogP contribution in [0.4, 0.5) is 11.5 Å². The lowest BCUT2D eigenvalue weighted by atomic mass is 10.1. The molecule has 2 aromatic heterocycles. The average Bonchev–Trinajstić information content (AvgIpc) is 3.49. The van der Waals surface area contributed by atoms with Crippen LogP contribution in [0.25, 0.3) is 11.0 Å². The summed E-state index contributed by atoms with van der Waals surface area (Å²) in [6.07, 6.45) is 5.27. The number of ether oxygens (including phenoxy) is 1. The second-order valence-corrected chi connectivity index (χ2v) is 9.94. The lowest BCUT2D eigenvalue weighted by Crippen LogP contribution is -2.47. The van der Waals surface area contributed by atoms with E-state index in [-0.39, 0.29) is 0 Å². The van der Waals surface area contributed by atoms with Crippen LogP contribution in [0.1, 0.15) is 24.8 Å². The van der Waals surface area contributed by atoms with Crippen LogP contribution in [-0.2, 0) is 0 Å². The number of rotatable bonds is 7. The summed E-state index contributed by atoms with van der Waals surface area (Å²) >= 11 is 10.0. The van der Waals surface area contributed by atoms with Gasteiger partial charge in [0.15, 0.2) is 5.65 Å². The first kappa shape index (κ1) is 22.7. The fourth-order valence-corrected chi connectivity index (χ4v) is 5.45. The van der Waals surface area contributed by atoms with Gasteiger partial charge in [-0.05, 0) is 67.3 Å². The third-order valence-corrected chi connectivity index (χ3v) is 7.37. The van der Waals surface area contributed by atoms with Crippen molar-refractivity contribution >= 4 is 50.1 Å². The van der Waals surface area contributed by atoms with E-state index < -0.39 is 0 Å². The van der Waals surface area contributed by atoms with Crippen LogP contribution in [0.5, 0.6) is 5.75 Å². The van der Waals surface area contributed by atoms with Gasteiger partial charge in [0.05, 0.1) is 12.0 Å². The highest BCUT2D eigenvalue weighted by Gasteiger charge is 2.24. The van der Waals surface area contributed by atoms with Gasteiger partial charge < -0.3 is 19.4 Å². The zero-order chi connectivity index (χ0) is 22.8. The first-order chi connectivity index (χ1) is 16.1. The first-order valence-electron chi connectivity index (χ1n) is 11.6. The van der Waals surface area contributed by atoms with Crippen molar-refractivity contribution < 1.29 is 4.74 Å². The molecule has 2 aliphatic rings. The molecule has 1 N–H and O–H groups in total. The molecule has 1 aromatic carbocycles. The second-order valence-electron chi connectivity index (χ2n) is 8.71. The number of anilines is 2. The Balaban J connectivity index is 1.24. The minimum atomic E-state index is 0.673. The van der Waals surface area contributed by atoms with Crippen LogP contribution < -0.4 is 14.5 Å². The van der Waals surface area contributed by atoms with E-state index in [1.54, 1.807) is 6.33 Å². The van der Waals surface area contributed by atoms with Crippen LogP contribution in [-0.4, -0.2) is 77.5 Å². The summed E-state index contributed by atoms with van der Waals surface area (Å²) in [5.41, 5.74) is 2.97. The molecular weight excluding hydrogens is 506 g/mol. The zero-order valence-corrected chi connectivity index (χ0v) is 21.2. The molecule has 5 rings (SSSR count). The van der Waals surface area contributed by atoms with Crippen LogP contribution in [0, 0.1) is 6.92 Å². The maximum Gasteiger partial charge on any atom is 0.187 e. The molecule has 3 aromatic rings. The molecule has 10 heteroatoms. The fraction of sp³-hybridized carbons (Fsp3) is 0.522. The molecule has 4 heterocycles. The molecule has 0 radical (unpaired) electrons. The molecule has 2 saturated heterocycles. The highest BCUT2D eigenvalue weighted by molar-refractivity contribution is 9.10. The molecular formula is C23H29BrClN7O. The van der Waals surface area contributed by atoms with E-state index in [4.69, 9.17) is 16.3 Å². The lowest BCUT2D eigenvalue weighted by molar-refractivity contribution is 0.262. The third-order valence-electron chi connectivity index (χ3n) is 6.58. The van der Waals surface area contributed by atoms with E-state index in [9.17, 15) is 0 Å². The highest BCUT2D eigenvalue weighted by Crippen LogP contribution is 2.35. The Kier molecular flexibility index (Phi) is 6.89. The number of benzene rings is 1. The molecule has 0 bridgehead atoms. The summed E-state index contributed by atoms with van der Waals surface area (Å²) in [5.74, 6) is 1.80. The van der Waals surface area contributed by atoms with E-state index >= 15 is 0 Å². The molecule has 0 amide bonds. The van der Waals surface area contributed by atoms with Crippen molar-refractivity contribution in [3.8, 4) is 5.75 Å². The number of nitrogens with one attached hydrogen (secondary N) is 1. The summed E-state index contributed by atoms with van der Waals surface area (Å²) in [4.78, 5) is 16.0. The summed E-state index contributed by atoms with van der Waals surface area (Å²) < 4.78 is 6.98. The minimum Gasteiger partial charge on any atom is -0.493 e. The van der Waals surface area contributed by atoms with Gasteiger partial charge in [-0.2, -0.15) is 5.10 Å². The number of fused-ring (bicyclic) bond motifs is 1. The molecule has 0 spiro atoms. The number of halogens is 2. The number of hydrogen-bond donors (Lipinski definition) is 1. The maximum atomic E-state index is 6.49. The van der Waals surface area contributed by atoms with E-state index in [2.05, 4.69) is 63.8 Å². The highest BCUT2D eigenvalue weighted by atomic mass is 79.9. The van der Waals surface area contributed by atoms with E-state index in [1.807, 2.05) is 6.07 Å². The number of hydrogen-bond acceptors (Lipinski definition) is 7. The second kappa shape index (κ2) is 10.0. The van der Waals surface area contributed by atoms with Crippen LogP contribution in [0.2, 0.25) is 5.02 Å². The summed E-state index contributed by atoms with van der Waals surface area (Å²) in [7, 11) is 0. The summed E-state index contributed by atoms with van der Waals surface area (Å²) in [6.45, 7) is 9.85. The number of H-pyrrole nitrogens is 1. The van der Waals surface area contributed by atoms with Crippen molar-refractivity contribution in [3.05, 3.63) is 33.6 Å². The van der Waals surface area contributed by atoms with Gasteiger partial charge in [0.2, 0.25) is 0 Å². The Bertz CT molecular complexity index is 1110. The zero-order valence-electron chi connectivity index (χ0n) is 18.9. The predicted octanol–water partition coefficient (Wildman–Crippen LogP) is 4.27. The number of nitrogens with zero attached hydrogens (tertiary/aromatic N) is 6. The number of piperazine rings is 1. The van der Waals surface area contributed by atoms with Gasteiger partial charge in [-0.1, -0.05) is 11.6 Å². The minimum absolute atomic E-state index is 0.673. The topological polar surface area (TPSA) is 73.4 Å². The monoisotopic (exact) mass is 533 g/mol. The summed E-state index contributed by atoms with van der Waals surface area (Å²) in [6, 6.07) is 4.00. The Labute approximate surface area is 207 Å². The summed E-state index contributed by atoms with van der Waals surface area (Å²) in [5, 5.41) is 8.81. The SMILES string of the molecule is Cc1c(OCCCN2CCCC2)cc(Cl)cc1N1CCN(c2ncnc3n[nH]c(Br)c23)CC1. The van der Waals surface area contributed by atoms with Crippen LogP contribution >= 0.6 is 27.5 Å². The van der Waals surface area contributed by atoms with Gasteiger partial charge in [0.1, 0.15) is 22.5 Å². The largest absolute Gasteiger partial charge is 0.493 e. The Morgan fingerprint density at radius 3 is 2.61 bits per heavy atom. The van der Waals surface area contributed by atoms with Gasteiger partial charge in [0.25, 0.3) is 0 Å². The van der Waals surface area contributed by atoms with Crippen molar-refractivity contribution in [2.75, 3.05) is 62.2 Å². The normalized spacial score (nSPS) is 17.3. The number of aromatic amines is 1. The smallest absolute Gasteiger partial charge is 0.187 e. The van der Waals surface area contributed by atoms with E-state index in [0.29, 0.717) is 17.3 Å².